The molecule has 0 spiro atoms. The van der Waals surface area contributed by atoms with E-state index in [1.54, 1.807) is 36.2 Å². The maximum absolute atomic E-state index is 16.1. The van der Waals surface area contributed by atoms with Gasteiger partial charge in [0.25, 0.3) is 0 Å². The summed E-state index contributed by atoms with van der Waals surface area (Å²) in [7, 11) is 1.71. The summed E-state index contributed by atoms with van der Waals surface area (Å²) in [6.07, 6.45) is 3.99. The first-order valence-electron chi connectivity index (χ1n) is 11.8. The van der Waals surface area contributed by atoms with E-state index in [1.165, 1.54) is 31.5 Å². The molecule has 2 atom stereocenters. The van der Waals surface area contributed by atoms with Crippen molar-refractivity contribution in [1.82, 2.24) is 14.9 Å². The third-order valence-corrected chi connectivity index (χ3v) is 7.24. The molecule has 7 nitrogen and oxygen atoms in total. The van der Waals surface area contributed by atoms with Crippen LogP contribution < -0.4 is 0 Å². The second-order valence-electron chi connectivity index (χ2n) is 9.53. The highest BCUT2D eigenvalue weighted by atomic mass is 35.5. The molecule has 0 radical (unpaired) electrons. The Morgan fingerprint density at radius 1 is 1.19 bits per heavy atom. The van der Waals surface area contributed by atoms with Gasteiger partial charge in [-0.2, -0.15) is 0 Å². The largest absolute Gasteiger partial charge is 0.396 e. The van der Waals surface area contributed by atoms with Gasteiger partial charge in [0.1, 0.15) is 11.6 Å². The fourth-order valence-corrected chi connectivity index (χ4v) is 4.59. The molecule has 1 saturated carbocycles. The number of aliphatic hydroxyl groups excluding tert-OH is 2. The molecular formula is C27H28Cl2FN3O4. The van der Waals surface area contributed by atoms with Gasteiger partial charge < -0.3 is 14.9 Å². The molecule has 10 heteroatoms. The van der Waals surface area contributed by atoms with Crippen molar-refractivity contribution < 1.29 is 24.1 Å². The Morgan fingerprint density at radius 2 is 1.84 bits per heavy atom. The molecule has 37 heavy (non-hydrogen) atoms. The minimum absolute atomic E-state index is 0.0172. The number of aldehydes is 1. The average molecular weight is 548 g/mol. The first-order valence-corrected chi connectivity index (χ1v) is 12.6. The van der Waals surface area contributed by atoms with Gasteiger partial charge in [-0.05, 0) is 56.6 Å². The smallest absolute Gasteiger partial charge is 0.177 e. The lowest BCUT2D eigenvalue weighted by Gasteiger charge is -2.44. The summed E-state index contributed by atoms with van der Waals surface area (Å²) in [4.78, 5) is 22.6. The van der Waals surface area contributed by atoms with Crippen LogP contribution in [0.3, 0.4) is 0 Å². The molecule has 2 aromatic carbocycles. The van der Waals surface area contributed by atoms with Gasteiger partial charge in [-0.25, -0.2) is 14.4 Å². The van der Waals surface area contributed by atoms with E-state index >= 15 is 4.39 Å². The number of hydrogen-bond acceptors (Lipinski definition) is 7. The van der Waals surface area contributed by atoms with E-state index in [4.69, 9.17) is 27.9 Å². The number of hydrogen-bond donors (Lipinski definition) is 2. The minimum Gasteiger partial charge on any atom is -0.396 e. The van der Waals surface area contributed by atoms with Crippen molar-refractivity contribution in [2.45, 2.75) is 38.1 Å². The molecule has 0 amide bonds. The van der Waals surface area contributed by atoms with Crippen LogP contribution in [0, 0.1) is 11.2 Å². The van der Waals surface area contributed by atoms with Crippen LogP contribution in [0.4, 0.5) is 4.39 Å². The Hall–Kier alpha value is -2.46. The molecule has 1 aromatic heterocycles. The van der Waals surface area contributed by atoms with Crippen molar-refractivity contribution in [3.63, 3.8) is 0 Å². The summed E-state index contributed by atoms with van der Waals surface area (Å²) >= 11 is 12.1. The first kappa shape index (κ1) is 27.6. The van der Waals surface area contributed by atoms with Crippen LogP contribution in [-0.2, 0) is 17.0 Å². The van der Waals surface area contributed by atoms with E-state index in [9.17, 15) is 15.0 Å². The normalized spacial score (nSPS) is 16.9. The molecule has 1 aliphatic carbocycles. The standard InChI is InChI=1S/C27H28Cl2FN3O4/c1-17(36)18-9-19(14-34)25(23(30)10-18)27(20-3-5-21(28)6-4-20,37-16-26(15-35)7-8-26)33(2)13-24-31-11-22(29)12-32-24/h3-6,9-12,14,17,35-36H,7-8,13,15-16H2,1-2H3/t17?,27-/m1/s1. The number of benzene rings is 2. The molecular weight excluding hydrogens is 520 g/mol. The van der Waals surface area contributed by atoms with Gasteiger partial charge in [-0.1, -0.05) is 35.3 Å². The third kappa shape index (κ3) is 5.70. The number of nitrogens with zero attached hydrogens (tertiary/aromatic N) is 3. The molecule has 196 valence electrons. The van der Waals surface area contributed by atoms with Crippen molar-refractivity contribution >= 4 is 29.5 Å². The topological polar surface area (TPSA) is 95.8 Å². The Balaban J connectivity index is 1.95. The molecule has 1 unspecified atom stereocenters. The van der Waals surface area contributed by atoms with E-state index in [0.29, 0.717) is 27.7 Å². The zero-order valence-corrected chi connectivity index (χ0v) is 22.0. The number of carbonyl (C=O) groups is 1. The first-order chi connectivity index (χ1) is 17.6. The lowest BCUT2D eigenvalue weighted by atomic mass is 9.87. The summed E-state index contributed by atoms with van der Waals surface area (Å²) in [5.41, 5.74) is -1.34. The van der Waals surface area contributed by atoms with Gasteiger partial charge in [0, 0.05) is 39.5 Å². The second kappa shape index (κ2) is 11.1. The van der Waals surface area contributed by atoms with Gasteiger partial charge in [-0.3, -0.25) is 9.69 Å². The lowest BCUT2D eigenvalue weighted by molar-refractivity contribution is -0.147. The minimum atomic E-state index is -1.64. The van der Waals surface area contributed by atoms with Crippen molar-refractivity contribution in [2.75, 3.05) is 20.3 Å². The van der Waals surface area contributed by atoms with Crippen LogP contribution in [0.15, 0.2) is 48.8 Å². The monoisotopic (exact) mass is 547 g/mol. The van der Waals surface area contributed by atoms with Crippen LogP contribution in [0.1, 0.15) is 58.7 Å². The zero-order valence-electron chi connectivity index (χ0n) is 20.5. The Bertz CT molecular complexity index is 1250. The van der Waals surface area contributed by atoms with Crippen molar-refractivity contribution in [2.24, 2.45) is 5.41 Å². The molecule has 4 rings (SSSR count). The number of ether oxygens (including phenoxy) is 1. The van der Waals surface area contributed by atoms with Gasteiger partial charge in [0.2, 0.25) is 0 Å². The van der Waals surface area contributed by atoms with Crippen LogP contribution in [0.25, 0.3) is 0 Å². The fourth-order valence-electron chi connectivity index (χ4n) is 4.37. The predicted octanol–water partition coefficient (Wildman–Crippen LogP) is 4.91. The SMILES string of the molecule is CC(O)c1cc(F)c([C@](OCC2(CO)CC2)(c2ccc(Cl)cc2)N(C)Cc2ncc(Cl)cn2)c(C=O)c1. The molecule has 1 aliphatic rings. The average Bonchev–Trinajstić information content (AvgIpc) is 3.67. The number of carbonyl (C=O) groups excluding carboxylic acids is 1. The summed E-state index contributed by atoms with van der Waals surface area (Å²) in [6, 6.07) is 9.38. The quantitative estimate of drug-likeness (QED) is 0.260. The van der Waals surface area contributed by atoms with E-state index in [-0.39, 0.29) is 36.4 Å². The summed E-state index contributed by atoms with van der Waals surface area (Å²) in [5, 5.41) is 20.9. The van der Waals surface area contributed by atoms with Crippen LogP contribution in [0.2, 0.25) is 10.0 Å². The predicted molar refractivity (Wildman–Crippen MR) is 138 cm³/mol. The fraction of sp³-hybridized carbons (Fsp3) is 0.370. The van der Waals surface area contributed by atoms with Gasteiger partial charge in [0.05, 0.1) is 30.9 Å². The Morgan fingerprint density at radius 3 is 2.38 bits per heavy atom. The Labute approximate surface area is 224 Å². The van der Waals surface area contributed by atoms with E-state index in [2.05, 4.69) is 9.97 Å². The highest BCUT2D eigenvalue weighted by Crippen LogP contribution is 2.49. The van der Waals surface area contributed by atoms with Crippen LogP contribution in [0.5, 0.6) is 0 Å². The Kier molecular flexibility index (Phi) is 8.28. The second-order valence-corrected chi connectivity index (χ2v) is 10.4. The van der Waals surface area contributed by atoms with E-state index in [1.807, 2.05) is 0 Å². The molecule has 1 heterocycles. The van der Waals surface area contributed by atoms with Crippen molar-refractivity contribution in [1.29, 1.82) is 0 Å². The molecule has 3 aromatic rings. The maximum atomic E-state index is 16.1. The molecule has 0 saturated heterocycles. The molecule has 1 fully saturated rings. The molecule has 0 aliphatic heterocycles. The summed E-state index contributed by atoms with van der Waals surface area (Å²) < 4.78 is 22.7. The van der Waals surface area contributed by atoms with Gasteiger partial charge in [-0.15, -0.1) is 0 Å². The highest BCUT2D eigenvalue weighted by Gasteiger charge is 2.49. The zero-order chi connectivity index (χ0) is 26.8. The highest BCUT2D eigenvalue weighted by molar-refractivity contribution is 6.30. The maximum Gasteiger partial charge on any atom is 0.177 e. The number of halogens is 3. The van der Waals surface area contributed by atoms with Crippen molar-refractivity contribution in [3.8, 4) is 0 Å². The lowest BCUT2D eigenvalue weighted by Crippen LogP contribution is -2.49. The molecule has 0 bridgehead atoms. The third-order valence-electron chi connectivity index (χ3n) is 6.80. The van der Waals surface area contributed by atoms with Gasteiger partial charge in [0.15, 0.2) is 12.0 Å². The number of aromatic nitrogens is 2. The van der Waals surface area contributed by atoms with E-state index < -0.39 is 23.1 Å². The molecule has 2 N–H and O–H groups in total. The van der Waals surface area contributed by atoms with E-state index in [0.717, 1.165) is 12.8 Å². The van der Waals surface area contributed by atoms with Crippen molar-refractivity contribution in [3.05, 3.63) is 92.7 Å². The van der Waals surface area contributed by atoms with Crippen LogP contribution in [-0.4, -0.2) is 51.6 Å². The number of aliphatic hydroxyl groups is 2. The summed E-state index contributed by atoms with van der Waals surface area (Å²) in [6.45, 7) is 1.61. The van der Waals surface area contributed by atoms with Gasteiger partial charge >= 0.3 is 0 Å². The summed E-state index contributed by atoms with van der Waals surface area (Å²) in [5.74, 6) is -0.334. The van der Waals surface area contributed by atoms with Crippen LogP contribution >= 0.6 is 23.2 Å². The number of rotatable bonds is 11.